The maximum absolute atomic E-state index is 13.2. The van der Waals surface area contributed by atoms with Gasteiger partial charge in [-0.1, -0.05) is 6.07 Å². The Balaban J connectivity index is 1.80. The Morgan fingerprint density at radius 3 is 2.30 bits per heavy atom. The van der Waals surface area contributed by atoms with E-state index >= 15 is 0 Å². The third-order valence-electron chi connectivity index (χ3n) is 4.00. The zero-order valence-corrected chi connectivity index (χ0v) is 13.9. The number of hydrogen-bond acceptors (Lipinski definition) is 5. The lowest BCUT2D eigenvalue weighted by Gasteiger charge is -2.35. The highest BCUT2D eigenvalue weighted by atomic mass is 32.2. The van der Waals surface area contributed by atoms with Gasteiger partial charge in [0, 0.05) is 45.5 Å². The van der Waals surface area contributed by atoms with Gasteiger partial charge in [0.05, 0.1) is 11.9 Å². The first-order valence-electron chi connectivity index (χ1n) is 7.50. The summed E-state index contributed by atoms with van der Waals surface area (Å²) < 4.78 is 48.4. The van der Waals surface area contributed by atoms with Gasteiger partial charge in [-0.2, -0.15) is 0 Å². The number of β-amino-alcohol motifs (C(OH)–C–C–N with tert-alkyl or cyclic N) is 1. The second-order valence-electron chi connectivity index (χ2n) is 5.96. The first-order valence-corrected chi connectivity index (χ1v) is 9.56. The molecule has 8 heteroatoms. The molecular formula is C15H22F2N2O3S. The lowest BCUT2D eigenvalue weighted by atomic mass is 10.1. The summed E-state index contributed by atoms with van der Waals surface area (Å²) in [7, 11) is -2.96. The normalized spacial score (nSPS) is 19.0. The predicted octanol–water partition coefficient (Wildman–Crippen LogP) is 0.660. The number of rotatable bonds is 6. The van der Waals surface area contributed by atoms with Gasteiger partial charge >= 0.3 is 0 Å². The van der Waals surface area contributed by atoms with Gasteiger partial charge in [-0.15, -0.1) is 0 Å². The summed E-state index contributed by atoms with van der Waals surface area (Å²) in [6.07, 6.45) is 0.342. The number of hydrogen-bond donors (Lipinski definition) is 1. The fraction of sp³-hybridized carbons (Fsp3) is 0.600. The lowest BCUT2D eigenvalue weighted by Crippen LogP contribution is -2.48. The Kier molecular flexibility index (Phi) is 6.07. The summed E-state index contributed by atoms with van der Waals surface area (Å²) in [6.45, 7) is 3.69. The molecule has 0 amide bonds. The molecule has 2 rings (SSSR count). The van der Waals surface area contributed by atoms with Gasteiger partial charge in [0.15, 0.2) is 11.6 Å². The van der Waals surface area contributed by atoms with Crippen LogP contribution < -0.4 is 0 Å². The largest absolute Gasteiger partial charge is 0.387 e. The molecular weight excluding hydrogens is 326 g/mol. The second kappa shape index (κ2) is 7.65. The van der Waals surface area contributed by atoms with E-state index in [1.54, 1.807) is 0 Å². The molecule has 1 N–H and O–H groups in total. The van der Waals surface area contributed by atoms with Gasteiger partial charge in [-0.3, -0.25) is 9.80 Å². The van der Waals surface area contributed by atoms with E-state index in [9.17, 15) is 22.3 Å². The van der Waals surface area contributed by atoms with E-state index in [-0.39, 0.29) is 5.75 Å². The smallest absolute Gasteiger partial charge is 0.159 e. The number of halogens is 2. The third-order valence-corrected chi connectivity index (χ3v) is 4.93. The summed E-state index contributed by atoms with van der Waals surface area (Å²) in [5.74, 6) is -1.75. The van der Waals surface area contributed by atoms with Gasteiger partial charge in [0.1, 0.15) is 9.84 Å². The van der Waals surface area contributed by atoms with Crippen LogP contribution in [0.1, 0.15) is 11.7 Å². The summed E-state index contributed by atoms with van der Waals surface area (Å²) in [5, 5.41) is 10.1. The van der Waals surface area contributed by atoms with Crippen LogP contribution >= 0.6 is 0 Å². The van der Waals surface area contributed by atoms with Crippen molar-refractivity contribution in [3.05, 3.63) is 35.4 Å². The van der Waals surface area contributed by atoms with E-state index in [1.165, 1.54) is 12.3 Å². The lowest BCUT2D eigenvalue weighted by molar-refractivity contribution is 0.0744. The second-order valence-corrected chi connectivity index (χ2v) is 8.22. The zero-order valence-electron chi connectivity index (χ0n) is 13.1. The molecule has 1 aliphatic rings. The van der Waals surface area contributed by atoms with E-state index in [2.05, 4.69) is 4.90 Å². The molecule has 1 fully saturated rings. The molecule has 0 bridgehead atoms. The number of nitrogens with zero attached hydrogens (tertiary/aromatic N) is 2. The van der Waals surface area contributed by atoms with Crippen molar-refractivity contribution >= 4 is 9.84 Å². The van der Waals surface area contributed by atoms with Crippen LogP contribution in [-0.2, 0) is 9.84 Å². The Hall–Kier alpha value is -1.09. The van der Waals surface area contributed by atoms with Gasteiger partial charge in [0.25, 0.3) is 0 Å². The van der Waals surface area contributed by atoms with Crippen LogP contribution in [0.5, 0.6) is 0 Å². The van der Waals surface area contributed by atoms with Gasteiger partial charge in [0.2, 0.25) is 0 Å². The fourth-order valence-corrected chi connectivity index (χ4v) is 3.15. The number of sulfone groups is 1. The van der Waals surface area contributed by atoms with Crippen LogP contribution in [-0.4, -0.2) is 74.6 Å². The maximum atomic E-state index is 13.2. The minimum Gasteiger partial charge on any atom is -0.387 e. The van der Waals surface area contributed by atoms with Crippen LogP contribution in [0.4, 0.5) is 8.78 Å². The molecule has 0 aromatic heterocycles. The highest BCUT2D eigenvalue weighted by Crippen LogP contribution is 2.18. The molecule has 1 aliphatic heterocycles. The molecule has 0 unspecified atom stereocenters. The van der Waals surface area contributed by atoms with Gasteiger partial charge in [-0.25, -0.2) is 17.2 Å². The van der Waals surface area contributed by atoms with Crippen molar-refractivity contribution in [3.8, 4) is 0 Å². The van der Waals surface area contributed by atoms with Crippen molar-refractivity contribution in [3.63, 3.8) is 0 Å². The molecule has 0 radical (unpaired) electrons. The Bertz CT molecular complexity index is 632. The van der Waals surface area contributed by atoms with E-state index in [4.69, 9.17) is 0 Å². The molecule has 0 saturated carbocycles. The Morgan fingerprint density at radius 1 is 1.13 bits per heavy atom. The number of aliphatic hydroxyl groups excluding tert-OH is 1. The van der Waals surface area contributed by atoms with Crippen LogP contribution in [0.15, 0.2) is 18.2 Å². The SMILES string of the molecule is CS(=O)(=O)CCN1CCN(C[C@H](O)c2ccc(F)c(F)c2)CC1. The van der Waals surface area contributed by atoms with E-state index < -0.39 is 27.6 Å². The van der Waals surface area contributed by atoms with Crippen LogP contribution in [0, 0.1) is 11.6 Å². The summed E-state index contributed by atoms with van der Waals surface area (Å²) in [5.41, 5.74) is 0.350. The van der Waals surface area contributed by atoms with Crippen molar-refractivity contribution in [2.45, 2.75) is 6.10 Å². The minimum absolute atomic E-state index is 0.143. The highest BCUT2D eigenvalue weighted by molar-refractivity contribution is 7.90. The van der Waals surface area contributed by atoms with E-state index in [0.29, 0.717) is 31.7 Å². The summed E-state index contributed by atoms with van der Waals surface area (Å²) >= 11 is 0. The topological polar surface area (TPSA) is 60.9 Å². The molecule has 1 saturated heterocycles. The quantitative estimate of drug-likeness (QED) is 0.818. The monoisotopic (exact) mass is 348 g/mol. The van der Waals surface area contributed by atoms with Crippen LogP contribution in [0.2, 0.25) is 0 Å². The highest BCUT2D eigenvalue weighted by Gasteiger charge is 2.21. The van der Waals surface area contributed by atoms with Crippen molar-refractivity contribution in [2.75, 3.05) is 51.3 Å². The minimum atomic E-state index is -2.96. The van der Waals surface area contributed by atoms with Crippen molar-refractivity contribution in [1.82, 2.24) is 9.80 Å². The maximum Gasteiger partial charge on any atom is 0.159 e. The molecule has 5 nitrogen and oxygen atoms in total. The molecule has 23 heavy (non-hydrogen) atoms. The number of benzene rings is 1. The van der Waals surface area contributed by atoms with Gasteiger partial charge in [-0.05, 0) is 17.7 Å². The molecule has 0 aliphatic carbocycles. The average Bonchev–Trinajstić information content (AvgIpc) is 2.48. The third kappa shape index (κ3) is 5.80. The Labute approximate surface area is 135 Å². The molecule has 1 aromatic rings. The predicted molar refractivity (Wildman–Crippen MR) is 83.9 cm³/mol. The number of aliphatic hydroxyl groups is 1. The molecule has 1 aromatic carbocycles. The van der Waals surface area contributed by atoms with Crippen LogP contribution in [0.25, 0.3) is 0 Å². The first kappa shape index (κ1) is 18.3. The average molecular weight is 348 g/mol. The standard InChI is InChI=1S/C15H22F2N2O3S/c1-23(21,22)9-8-18-4-6-19(7-5-18)11-15(20)12-2-3-13(16)14(17)10-12/h2-3,10,15,20H,4-9,11H2,1H3/t15-/m0/s1. The van der Waals surface area contributed by atoms with Gasteiger partial charge < -0.3 is 5.11 Å². The van der Waals surface area contributed by atoms with Crippen molar-refractivity contribution in [1.29, 1.82) is 0 Å². The molecule has 130 valence electrons. The zero-order chi connectivity index (χ0) is 17.0. The molecule has 1 atom stereocenters. The fourth-order valence-electron chi connectivity index (χ4n) is 2.56. The summed E-state index contributed by atoms with van der Waals surface area (Å²) in [6, 6.07) is 3.41. The molecule has 0 spiro atoms. The van der Waals surface area contributed by atoms with Crippen LogP contribution in [0.3, 0.4) is 0 Å². The van der Waals surface area contributed by atoms with E-state index in [1.807, 2.05) is 4.90 Å². The van der Waals surface area contributed by atoms with Crippen molar-refractivity contribution in [2.24, 2.45) is 0 Å². The number of piperazine rings is 1. The Morgan fingerprint density at radius 2 is 1.74 bits per heavy atom. The molecule has 1 heterocycles. The first-order chi connectivity index (χ1) is 10.7. The summed E-state index contributed by atoms with van der Waals surface area (Å²) in [4.78, 5) is 4.10. The van der Waals surface area contributed by atoms with E-state index in [0.717, 1.165) is 25.2 Å². The van der Waals surface area contributed by atoms with Crippen molar-refractivity contribution < 1.29 is 22.3 Å².